The number of likely N-dealkylation sites (N-methyl/N-ethyl adjacent to an activating group) is 1. The highest BCUT2D eigenvalue weighted by Gasteiger charge is 2.31. The number of nitrogens with zero attached hydrogens (tertiary/aromatic N) is 1. The SMILES string of the molecule is CCN(CC)C(=O)C(C)OCC1(N)CCCC1. The van der Waals surface area contributed by atoms with E-state index >= 15 is 0 Å². The summed E-state index contributed by atoms with van der Waals surface area (Å²) < 4.78 is 5.66. The summed E-state index contributed by atoms with van der Waals surface area (Å²) in [6, 6.07) is 0. The zero-order valence-electron chi connectivity index (χ0n) is 11.4. The summed E-state index contributed by atoms with van der Waals surface area (Å²) in [5, 5.41) is 0. The summed E-state index contributed by atoms with van der Waals surface area (Å²) in [6.07, 6.45) is 4.00. The molecule has 17 heavy (non-hydrogen) atoms. The van der Waals surface area contributed by atoms with Gasteiger partial charge in [-0.3, -0.25) is 4.79 Å². The largest absolute Gasteiger partial charge is 0.367 e. The van der Waals surface area contributed by atoms with Crippen LogP contribution in [0.25, 0.3) is 0 Å². The van der Waals surface area contributed by atoms with Gasteiger partial charge in [-0.25, -0.2) is 0 Å². The molecule has 0 saturated heterocycles. The third kappa shape index (κ3) is 3.96. The van der Waals surface area contributed by atoms with Gasteiger partial charge in [0.25, 0.3) is 5.91 Å². The Balaban J connectivity index is 2.38. The van der Waals surface area contributed by atoms with Crippen LogP contribution >= 0.6 is 0 Å². The van der Waals surface area contributed by atoms with Gasteiger partial charge in [-0.1, -0.05) is 12.8 Å². The molecule has 0 aliphatic heterocycles. The topological polar surface area (TPSA) is 55.6 Å². The van der Waals surface area contributed by atoms with Crippen molar-refractivity contribution in [3.8, 4) is 0 Å². The highest BCUT2D eigenvalue weighted by atomic mass is 16.5. The Morgan fingerprint density at radius 3 is 2.35 bits per heavy atom. The highest BCUT2D eigenvalue weighted by Crippen LogP contribution is 2.27. The molecule has 0 aromatic rings. The average molecular weight is 242 g/mol. The normalized spacial score (nSPS) is 20.2. The molecule has 100 valence electrons. The van der Waals surface area contributed by atoms with E-state index in [0.717, 1.165) is 25.9 Å². The van der Waals surface area contributed by atoms with Crippen molar-refractivity contribution in [1.29, 1.82) is 0 Å². The van der Waals surface area contributed by atoms with Crippen LogP contribution in [0.3, 0.4) is 0 Å². The lowest BCUT2D eigenvalue weighted by Gasteiger charge is -2.27. The third-order valence-corrected chi connectivity index (χ3v) is 3.64. The molecule has 1 saturated carbocycles. The van der Waals surface area contributed by atoms with Crippen LogP contribution in [0.5, 0.6) is 0 Å². The molecule has 4 nitrogen and oxygen atoms in total. The Morgan fingerprint density at radius 2 is 1.88 bits per heavy atom. The number of carbonyl (C=O) groups is 1. The summed E-state index contributed by atoms with van der Waals surface area (Å²) in [6.45, 7) is 7.75. The van der Waals surface area contributed by atoms with E-state index in [1.807, 2.05) is 20.8 Å². The number of hydrogen-bond acceptors (Lipinski definition) is 3. The number of rotatable bonds is 6. The molecule has 0 heterocycles. The van der Waals surface area contributed by atoms with Crippen LogP contribution in [0.2, 0.25) is 0 Å². The molecule has 0 radical (unpaired) electrons. The van der Waals surface area contributed by atoms with Gasteiger partial charge in [-0.05, 0) is 33.6 Å². The van der Waals surface area contributed by atoms with E-state index in [9.17, 15) is 4.79 Å². The van der Waals surface area contributed by atoms with Crippen LogP contribution in [0.15, 0.2) is 0 Å². The Bertz CT molecular complexity index is 246. The smallest absolute Gasteiger partial charge is 0.251 e. The van der Waals surface area contributed by atoms with Gasteiger partial charge in [0.2, 0.25) is 0 Å². The van der Waals surface area contributed by atoms with Crippen LogP contribution < -0.4 is 5.73 Å². The van der Waals surface area contributed by atoms with Crippen molar-refractivity contribution < 1.29 is 9.53 Å². The van der Waals surface area contributed by atoms with Crippen LogP contribution in [-0.4, -0.2) is 42.1 Å². The minimum atomic E-state index is -0.379. The molecule has 0 bridgehead atoms. The molecule has 1 aliphatic rings. The van der Waals surface area contributed by atoms with Crippen molar-refractivity contribution in [3.05, 3.63) is 0 Å². The average Bonchev–Trinajstić information content (AvgIpc) is 2.75. The van der Waals surface area contributed by atoms with Gasteiger partial charge >= 0.3 is 0 Å². The van der Waals surface area contributed by atoms with Crippen LogP contribution in [0.4, 0.5) is 0 Å². The number of amides is 1. The van der Waals surface area contributed by atoms with E-state index in [4.69, 9.17) is 10.5 Å². The van der Waals surface area contributed by atoms with Crippen molar-refractivity contribution in [1.82, 2.24) is 4.90 Å². The lowest BCUT2D eigenvalue weighted by molar-refractivity contribution is -0.143. The predicted molar refractivity (Wildman–Crippen MR) is 68.7 cm³/mol. The van der Waals surface area contributed by atoms with Crippen molar-refractivity contribution in [2.45, 2.75) is 58.1 Å². The van der Waals surface area contributed by atoms with Gasteiger partial charge in [0, 0.05) is 18.6 Å². The minimum Gasteiger partial charge on any atom is -0.367 e. The molecule has 2 N–H and O–H groups in total. The molecule has 0 aromatic carbocycles. The van der Waals surface area contributed by atoms with Gasteiger partial charge in [-0.2, -0.15) is 0 Å². The predicted octanol–water partition coefficient (Wildman–Crippen LogP) is 1.53. The molecule has 1 aliphatic carbocycles. The molecule has 1 atom stereocenters. The Hall–Kier alpha value is -0.610. The quantitative estimate of drug-likeness (QED) is 0.768. The highest BCUT2D eigenvalue weighted by molar-refractivity contribution is 5.80. The summed E-state index contributed by atoms with van der Waals surface area (Å²) in [7, 11) is 0. The monoisotopic (exact) mass is 242 g/mol. The maximum atomic E-state index is 12.0. The van der Waals surface area contributed by atoms with E-state index in [1.54, 1.807) is 4.90 Å². The Kier molecular flexibility index (Phi) is 5.40. The van der Waals surface area contributed by atoms with Gasteiger partial charge in [0.1, 0.15) is 6.10 Å². The van der Waals surface area contributed by atoms with Crippen LogP contribution in [0, 0.1) is 0 Å². The second-order valence-corrected chi connectivity index (χ2v) is 5.03. The van der Waals surface area contributed by atoms with E-state index in [0.29, 0.717) is 6.61 Å². The maximum absolute atomic E-state index is 12.0. The lowest BCUT2D eigenvalue weighted by atomic mass is 10.0. The zero-order valence-corrected chi connectivity index (χ0v) is 11.4. The zero-order chi connectivity index (χ0) is 12.9. The Morgan fingerprint density at radius 1 is 1.35 bits per heavy atom. The first kappa shape index (κ1) is 14.5. The number of nitrogens with two attached hydrogens (primary N) is 1. The molecule has 4 heteroatoms. The third-order valence-electron chi connectivity index (χ3n) is 3.64. The fourth-order valence-corrected chi connectivity index (χ4v) is 2.38. The first-order valence-corrected chi connectivity index (χ1v) is 6.71. The summed E-state index contributed by atoms with van der Waals surface area (Å²) >= 11 is 0. The van der Waals surface area contributed by atoms with Crippen molar-refractivity contribution in [3.63, 3.8) is 0 Å². The van der Waals surface area contributed by atoms with Crippen molar-refractivity contribution >= 4 is 5.91 Å². The molecule has 0 spiro atoms. The fourth-order valence-electron chi connectivity index (χ4n) is 2.38. The summed E-state index contributed by atoms with van der Waals surface area (Å²) in [4.78, 5) is 13.8. The van der Waals surface area contributed by atoms with Crippen molar-refractivity contribution in [2.24, 2.45) is 5.73 Å². The summed E-state index contributed by atoms with van der Waals surface area (Å²) in [5.74, 6) is 0.0663. The second kappa shape index (κ2) is 6.36. The van der Waals surface area contributed by atoms with Gasteiger partial charge in [-0.15, -0.1) is 0 Å². The molecular weight excluding hydrogens is 216 g/mol. The molecule has 1 rings (SSSR count). The number of ether oxygens (including phenoxy) is 1. The first-order chi connectivity index (χ1) is 8.02. The maximum Gasteiger partial charge on any atom is 0.251 e. The summed E-state index contributed by atoms with van der Waals surface area (Å²) in [5.41, 5.74) is 6.00. The Labute approximate surface area is 104 Å². The molecule has 1 amide bonds. The first-order valence-electron chi connectivity index (χ1n) is 6.71. The molecule has 0 aromatic heterocycles. The number of hydrogen-bond donors (Lipinski definition) is 1. The van der Waals surface area contributed by atoms with E-state index in [2.05, 4.69) is 0 Å². The fraction of sp³-hybridized carbons (Fsp3) is 0.923. The van der Waals surface area contributed by atoms with Crippen LogP contribution in [-0.2, 0) is 9.53 Å². The van der Waals surface area contributed by atoms with Gasteiger partial charge < -0.3 is 15.4 Å². The molecular formula is C13H26N2O2. The molecule has 1 fully saturated rings. The molecule has 1 unspecified atom stereocenters. The standard InChI is InChI=1S/C13H26N2O2/c1-4-15(5-2)12(16)11(3)17-10-13(14)8-6-7-9-13/h11H,4-10,14H2,1-3H3. The van der Waals surface area contributed by atoms with Gasteiger partial charge in [0.05, 0.1) is 6.61 Å². The van der Waals surface area contributed by atoms with E-state index in [1.165, 1.54) is 12.8 Å². The van der Waals surface area contributed by atoms with Gasteiger partial charge in [0.15, 0.2) is 0 Å². The van der Waals surface area contributed by atoms with E-state index < -0.39 is 0 Å². The number of carbonyl (C=O) groups excluding carboxylic acids is 1. The lowest BCUT2D eigenvalue weighted by Crippen LogP contribution is -2.45. The van der Waals surface area contributed by atoms with E-state index in [-0.39, 0.29) is 17.6 Å². The minimum absolute atomic E-state index is 0.0663. The second-order valence-electron chi connectivity index (χ2n) is 5.03. The van der Waals surface area contributed by atoms with Crippen molar-refractivity contribution in [2.75, 3.05) is 19.7 Å². The van der Waals surface area contributed by atoms with Crippen LogP contribution in [0.1, 0.15) is 46.5 Å².